The van der Waals surface area contributed by atoms with Crippen molar-refractivity contribution in [1.82, 2.24) is 14.7 Å². The van der Waals surface area contributed by atoms with Gasteiger partial charge in [0.05, 0.1) is 5.69 Å². The van der Waals surface area contributed by atoms with Crippen molar-refractivity contribution in [2.45, 2.75) is 19.9 Å². The van der Waals surface area contributed by atoms with Gasteiger partial charge in [-0.25, -0.2) is 4.39 Å². The Morgan fingerprint density at radius 1 is 1.21 bits per heavy atom. The highest BCUT2D eigenvalue weighted by molar-refractivity contribution is 5.64. The first kappa shape index (κ1) is 13.7. The first-order chi connectivity index (χ1) is 9.06. The Bertz CT molecular complexity index is 529. The van der Waals surface area contributed by atoms with Crippen LogP contribution in [0.15, 0.2) is 30.5 Å². The molecule has 0 bridgehead atoms. The number of aryl methyl sites for hydroxylation is 2. The molecular weight excluding hydrogens is 241 g/mol. The summed E-state index contributed by atoms with van der Waals surface area (Å²) in [6, 6.07) is 6.56. The number of hydrogen-bond acceptors (Lipinski definition) is 2. The quantitative estimate of drug-likeness (QED) is 0.825. The molecule has 0 saturated carbocycles. The maximum absolute atomic E-state index is 12.9. The van der Waals surface area contributed by atoms with Gasteiger partial charge in [-0.1, -0.05) is 12.1 Å². The molecule has 1 heterocycles. The lowest BCUT2D eigenvalue weighted by Crippen LogP contribution is -2.15. The summed E-state index contributed by atoms with van der Waals surface area (Å²) in [6.45, 7) is 3.94. The largest absolute Gasteiger partial charge is 0.309 e. The van der Waals surface area contributed by atoms with Crippen LogP contribution in [-0.2, 0) is 6.54 Å². The van der Waals surface area contributed by atoms with Gasteiger partial charge in [0.2, 0.25) is 0 Å². The van der Waals surface area contributed by atoms with Crippen molar-refractivity contribution < 1.29 is 4.39 Å². The number of halogens is 1. The van der Waals surface area contributed by atoms with Gasteiger partial charge in [0, 0.05) is 18.3 Å². The lowest BCUT2D eigenvalue weighted by Gasteiger charge is -2.08. The molecule has 1 aromatic heterocycles. The molecule has 0 spiro atoms. The first-order valence-corrected chi connectivity index (χ1v) is 6.51. The Morgan fingerprint density at radius 2 is 1.89 bits per heavy atom. The predicted octanol–water partition coefficient (Wildman–Crippen LogP) is 2.95. The Balaban J connectivity index is 2.10. The van der Waals surface area contributed by atoms with E-state index >= 15 is 0 Å². The van der Waals surface area contributed by atoms with Gasteiger partial charge in [-0.3, -0.25) is 4.68 Å². The molecule has 2 aromatic rings. The molecule has 4 heteroatoms. The molecule has 0 aliphatic rings. The first-order valence-electron chi connectivity index (χ1n) is 6.51. The molecule has 102 valence electrons. The van der Waals surface area contributed by atoms with Crippen molar-refractivity contribution in [3.8, 4) is 11.1 Å². The average Bonchev–Trinajstić information content (AvgIpc) is 2.71. The van der Waals surface area contributed by atoms with Crippen LogP contribution in [0, 0.1) is 12.7 Å². The minimum atomic E-state index is -0.209. The summed E-state index contributed by atoms with van der Waals surface area (Å²) in [6.07, 6.45) is 3.11. The maximum Gasteiger partial charge on any atom is 0.123 e. The van der Waals surface area contributed by atoms with Crippen LogP contribution < -0.4 is 0 Å². The lowest BCUT2D eigenvalue weighted by molar-refractivity contribution is 0.380. The third-order valence-corrected chi connectivity index (χ3v) is 3.09. The normalized spacial score (nSPS) is 11.2. The van der Waals surface area contributed by atoms with Crippen molar-refractivity contribution in [2.24, 2.45) is 0 Å². The second-order valence-electron chi connectivity index (χ2n) is 5.05. The number of nitrogens with zero attached hydrogens (tertiary/aromatic N) is 3. The molecule has 0 atom stereocenters. The molecule has 0 aliphatic carbocycles. The third kappa shape index (κ3) is 3.64. The van der Waals surface area contributed by atoms with Crippen LogP contribution in [0.4, 0.5) is 4.39 Å². The summed E-state index contributed by atoms with van der Waals surface area (Å²) in [7, 11) is 4.14. The maximum atomic E-state index is 12.9. The monoisotopic (exact) mass is 261 g/mol. The fourth-order valence-corrected chi connectivity index (χ4v) is 2.09. The molecule has 0 fully saturated rings. The Kier molecular flexibility index (Phi) is 4.32. The molecule has 19 heavy (non-hydrogen) atoms. The zero-order valence-corrected chi connectivity index (χ0v) is 11.7. The van der Waals surface area contributed by atoms with Crippen molar-refractivity contribution in [3.05, 3.63) is 42.0 Å². The van der Waals surface area contributed by atoms with Gasteiger partial charge < -0.3 is 4.90 Å². The number of aromatic nitrogens is 2. The van der Waals surface area contributed by atoms with Gasteiger partial charge in [0.15, 0.2) is 0 Å². The van der Waals surface area contributed by atoms with Gasteiger partial charge in [0.1, 0.15) is 5.82 Å². The Labute approximate surface area is 113 Å². The van der Waals surface area contributed by atoms with Crippen LogP contribution in [0.5, 0.6) is 0 Å². The van der Waals surface area contributed by atoms with E-state index in [9.17, 15) is 4.39 Å². The highest BCUT2D eigenvalue weighted by atomic mass is 19.1. The van der Waals surface area contributed by atoms with E-state index in [0.29, 0.717) is 0 Å². The SMILES string of the molecule is Cc1nn(CCCN(C)C)cc1-c1ccc(F)cc1. The Morgan fingerprint density at radius 3 is 2.53 bits per heavy atom. The number of hydrogen-bond donors (Lipinski definition) is 0. The molecule has 0 unspecified atom stereocenters. The predicted molar refractivity (Wildman–Crippen MR) is 75.5 cm³/mol. The Hall–Kier alpha value is -1.68. The summed E-state index contributed by atoms with van der Waals surface area (Å²) in [5.74, 6) is -0.209. The lowest BCUT2D eigenvalue weighted by atomic mass is 10.1. The highest BCUT2D eigenvalue weighted by Crippen LogP contribution is 2.22. The van der Waals surface area contributed by atoms with E-state index in [0.717, 1.165) is 36.3 Å². The molecule has 1 aromatic carbocycles. The van der Waals surface area contributed by atoms with Crippen LogP contribution in [0.25, 0.3) is 11.1 Å². The topological polar surface area (TPSA) is 21.1 Å². The molecule has 0 radical (unpaired) electrons. The summed E-state index contributed by atoms with van der Waals surface area (Å²) in [5.41, 5.74) is 3.07. The zero-order chi connectivity index (χ0) is 13.8. The number of rotatable bonds is 5. The van der Waals surface area contributed by atoms with Crippen LogP contribution in [-0.4, -0.2) is 35.3 Å². The van der Waals surface area contributed by atoms with Crippen molar-refractivity contribution in [1.29, 1.82) is 0 Å². The van der Waals surface area contributed by atoms with Gasteiger partial charge >= 0.3 is 0 Å². The summed E-state index contributed by atoms with van der Waals surface area (Å²) in [5, 5.41) is 4.51. The van der Waals surface area contributed by atoms with Gasteiger partial charge in [-0.05, 0) is 51.7 Å². The molecule has 0 N–H and O–H groups in total. The van der Waals surface area contributed by atoms with E-state index in [1.807, 2.05) is 17.8 Å². The summed E-state index contributed by atoms with van der Waals surface area (Å²) in [4.78, 5) is 2.16. The van der Waals surface area contributed by atoms with Gasteiger partial charge in [-0.2, -0.15) is 5.10 Å². The smallest absolute Gasteiger partial charge is 0.123 e. The second kappa shape index (κ2) is 5.97. The van der Waals surface area contributed by atoms with Crippen molar-refractivity contribution in [3.63, 3.8) is 0 Å². The van der Waals surface area contributed by atoms with E-state index in [-0.39, 0.29) is 5.82 Å². The summed E-state index contributed by atoms with van der Waals surface area (Å²) >= 11 is 0. The summed E-state index contributed by atoms with van der Waals surface area (Å²) < 4.78 is 14.9. The number of benzene rings is 1. The molecule has 0 amide bonds. The van der Waals surface area contributed by atoms with E-state index in [2.05, 4.69) is 24.1 Å². The minimum Gasteiger partial charge on any atom is -0.309 e. The fraction of sp³-hybridized carbons (Fsp3) is 0.400. The van der Waals surface area contributed by atoms with Crippen LogP contribution >= 0.6 is 0 Å². The van der Waals surface area contributed by atoms with Crippen LogP contribution in [0.2, 0.25) is 0 Å². The van der Waals surface area contributed by atoms with E-state index in [1.54, 1.807) is 12.1 Å². The standard InChI is InChI=1S/C15H20FN3/c1-12-15(13-5-7-14(16)8-6-13)11-19(17-12)10-4-9-18(2)3/h5-8,11H,4,9-10H2,1-3H3. The molecular formula is C15H20FN3. The fourth-order valence-electron chi connectivity index (χ4n) is 2.09. The third-order valence-electron chi connectivity index (χ3n) is 3.09. The van der Waals surface area contributed by atoms with Crippen molar-refractivity contribution >= 4 is 0 Å². The molecule has 0 aliphatic heterocycles. The van der Waals surface area contributed by atoms with E-state index < -0.39 is 0 Å². The van der Waals surface area contributed by atoms with Crippen molar-refractivity contribution in [2.75, 3.05) is 20.6 Å². The molecule has 3 nitrogen and oxygen atoms in total. The van der Waals surface area contributed by atoms with Gasteiger partial charge in [0.25, 0.3) is 0 Å². The second-order valence-corrected chi connectivity index (χ2v) is 5.05. The van der Waals surface area contributed by atoms with Crippen LogP contribution in [0.3, 0.4) is 0 Å². The minimum absolute atomic E-state index is 0.209. The highest BCUT2D eigenvalue weighted by Gasteiger charge is 2.07. The molecule has 2 rings (SSSR count). The zero-order valence-electron chi connectivity index (χ0n) is 11.7. The van der Waals surface area contributed by atoms with Gasteiger partial charge in [-0.15, -0.1) is 0 Å². The van der Waals surface area contributed by atoms with Crippen LogP contribution in [0.1, 0.15) is 12.1 Å². The van der Waals surface area contributed by atoms with E-state index in [4.69, 9.17) is 0 Å². The molecule has 0 saturated heterocycles. The average molecular weight is 261 g/mol. The van der Waals surface area contributed by atoms with E-state index in [1.165, 1.54) is 12.1 Å².